The van der Waals surface area contributed by atoms with Crippen molar-refractivity contribution in [3.05, 3.63) is 59.6 Å². The summed E-state index contributed by atoms with van der Waals surface area (Å²) in [6.07, 6.45) is 2.95. The van der Waals surface area contributed by atoms with Crippen molar-refractivity contribution >= 4 is 0 Å². The molecule has 2 nitrogen and oxygen atoms in total. The first-order valence-corrected chi connectivity index (χ1v) is 5.82. The van der Waals surface area contributed by atoms with Crippen molar-refractivity contribution in [2.45, 2.75) is 18.9 Å². The van der Waals surface area contributed by atoms with Crippen LogP contribution >= 0.6 is 0 Å². The summed E-state index contributed by atoms with van der Waals surface area (Å²) in [5, 5.41) is 3.15. The maximum atomic E-state index is 13.1. The third-order valence-electron chi connectivity index (χ3n) is 2.90. The van der Waals surface area contributed by atoms with E-state index in [1.165, 1.54) is 6.07 Å². The Morgan fingerprint density at radius 3 is 2.61 bits per heavy atom. The molecule has 1 unspecified atom stereocenters. The quantitative estimate of drug-likeness (QED) is 0.883. The third-order valence-corrected chi connectivity index (χ3v) is 2.90. The number of nitrogens with one attached hydrogen (secondary N) is 1. The zero-order chi connectivity index (χ0) is 13.0. The van der Waals surface area contributed by atoms with Crippen LogP contribution in [0.3, 0.4) is 0 Å². The maximum Gasteiger partial charge on any atom is 0.159 e. The van der Waals surface area contributed by atoms with Gasteiger partial charge in [-0.2, -0.15) is 0 Å². The van der Waals surface area contributed by atoms with Crippen LogP contribution in [0.4, 0.5) is 8.78 Å². The standard InChI is InChI=1S/C14H15F2NO/c1-17-11(9-12-3-2-6-18-12)7-10-4-5-13(15)14(16)8-10/h2-6,8,11,17H,7,9H2,1H3. The lowest BCUT2D eigenvalue weighted by molar-refractivity contribution is 0.455. The molecule has 0 amide bonds. The summed E-state index contributed by atoms with van der Waals surface area (Å²) in [5.74, 6) is -0.747. The minimum atomic E-state index is -0.814. The van der Waals surface area contributed by atoms with E-state index in [9.17, 15) is 8.78 Å². The van der Waals surface area contributed by atoms with E-state index >= 15 is 0 Å². The SMILES string of the molecule is CNC(Cc1ccc(F)c(F)c1)Cc1ccco1. The minimum absolute atomic E-state index is 0.126. The Bertz CT molecular complexity index is 497. The van der Waals surface area contributed by atoms with Gasteiger partial charge in [0, 0.05) is 12.5 Å². The Balaban J connectivity index is 2.03. The van der Waals surface area contributed by atoms with Crippen molar-refractivity contribution < 1.29 is 13.2 Å². The Kier molecular flexibility index (Phi) is 4.10. The number of benzene rings is 1. The molecule has 1 atom stereocenters. The second-order valence-electron chi connectivity index (χ2n) is 4.22. The highest BCUT2D eigenvalue weighted by Crippen LogP contribution is 2.13. The molecule has 18 heavy (non-hydrogen) atoms. The number of likely N-dealkylation sites (N-methyl/N-ethyl adjacent to an activating group) is 1. The van der Waals surface area contributed by atoms with Gasteiger partial charge in [-0.3, -0.25) is 0 Å². The van der Waals surface area contributed by atoms with E-state index in [2.05, 4.69) is 5.32 Å². The molecule has 0 aliphatic rings. The monoisotopic (exact) mass is 251 g/mol. The van der Waals surface area contributed by atoms with Crippen LogP contribution in [0.1, 0.15) is 11.3 Å². The summed E-state index contributed by atoms with van der Waals surface area (Å²) >= 11 is 0. The Hall–Kier alpha value is -1.68. The summed E-state index contributed by atoms with van der Waals surface area (Å²) in [6, 6.07) is 7.85. The zero-order valence-corrected chi connectivity index (χ0v) is 10.1. The molecule has 1 N–H and O–H groups in total. The summed E-state index contributed by atoms with van der Waals surface area (Å²) in [7, 11) is 1.84. The fourth-order valence-electron chi connectivity index (χ4n) is 1.90. The Morgan fingerprint density at radius 2 is 2.00 bits per heavy atom. The molecule has 0 spiro atoms. The molecule has 0 fully saturated rings. The molecular weight excluding hydrogens is 236 g/mol. The van der Waals surface area contributed by atoms with Gasteiger partial charge in [-0.15, -0.1) is 0 Å². The van der Waals surface area contributed by atoms with Crippen molar-refractivity contribution in [3.63, 3.8) is 0 Å². The maximum absolute atomic E-state index is 13.1. The highest BCUT2D eigenvalue weighted by Gasteiger charge is 2.11. The van der Waals surface area contributed by atoms with Gasteiger partial charge in [0.25, 0.3) is 0 Å². The van der Waals surface area contributed by atoms with Crippen LogP contribution in [-0.4, -0.2) is 13.1 Å². The third kappa shape index (κ3) is 3.17. The first-order valence-electron chi connectivity index (χ1n) is 5.82. The molecule has 2 aromatic rings. The van der Waals surface area contributed by atoms with Crippen LogP contribution in [0.15, 0.2) is 41.0 Å². The highest BCUT2D eigenvalue weighted by molar-refractivity contribution is 5.19. The second kappa shape index (κ2) is 5.78. The summed E-state index contributed by atoms with van der Waals surface area (Å²) in [5.41, 5.74) is 0.764. The first kappa shape index (κ1) is 12.8. The van der Waals surface area contributed by atoms with Crippen LogP contribution in [0, 0.1) is 11.6 Å². The summed E-state index contributed by atoms with van der Waals surface area (Å²) < 4.78 is 31.2. The van der Waals surface area contributed by atoms with Gasteiger partial charge >= 0.3 is 0 Å². The van der Waals surface area contributed by atoms with Gasteiger partial charge < -0.3 is 9.73 Å². The van der Waals surface area contributed by atoms with E-state index in [-0.39, 0.29) is 6.04 Å². The van der Waals surface area contributed by atoms with Gasteiger partial charge in [0.2, 0.25) is 0 Å². The molecule has 1 aromatic heterocycles. The average Bonchev–Trinajstić information content (AvgIpc) is 2.86. The number of rotatable bonds is 5. The largest absolute Gasteiger partial charge is 0.469 e. The van der Waals surface area contributed by atoms with Crippen LogP contribution in [-0.2, 0) is 12.8 Å². The van der Waals surface area contributed by atoms with E-state index in [4.69, 9.17) is 4.42 Å². The molecule has 0 saturated heterocycles. The van der Waals surface area contributed by atoms with Crippen LogP contribution in [0.25, 0.3) is 0 Å². The van der Waals surface area contributed by atoms with Gasteiger partial charge in [-0.1, -0.05) is 6.07 Å². The van der Waals surface area contributed by atoms with Crippen molar-refractivity contribution in [3.8, 4) is 0 Å². The normalized spacial score (nSPS) is 12.6. The molecule has 0 saturated carbocycles. The Morgan fingerprint density at radius 1 is 1.17 bits per heavy atom. The lowest BCUT2D eigenvalue weighted by Gasteiger charge is -2.15. The topological polar surface area (TPSA) is 25.2 Å². The van der Waals surface area contributed by atoms with Crippen LogP contribution < -0.4 is 5.32 Å². The van der Waals surface area contributed by atoms with Crippen molar-refractivity contribution in [1.82, 2.24) is 5.32 Å². The predicted octanol–water partition coefficient (Wildman–Crippen LogP) is 2.93. The fourth-order valence-corrected chi connectivity index (χ4v) is 1.90. The molecule has 0 bridgehead atoms. The predicted molar refractivity (Wildman–Crippen MR) is 65.3 cm³/mol. The molecule has 2 rings (SSSR count). The smallest absolute Gasteiger partial charge is 0.159 e. The lowest BCUT2D eigenvalue weighted by atomic mass is 10.0. The molecular formula is C14H15F2NO. The molecule has 1 heterocycles. The number of furan rings is 1. The number of hydrogen-bond donors (Lipinski definition) is 1. The van der Waals surface area contributed by atoms with E-state index < -0.39 is 11.6 Å². The van der Waals surface area contributed by atoms with Gasteiger partial charge in [0.1, 0.15) is 5.76 Å². The highest BCUT2D eigenvalue weighted by atomic mass is 19.2. The molecule has 0 radical (unpaired) electrons. The Labute approximate surface area is 105 Å². The fraction of sp³-hybridized carbons (Fsp3) is 0.286. The van der Waals surface area contributed by atoms with Gasteiger partial charge in [-0.25, -0.2) is 8.78 Å². The van der Waals surface area contributed by atoms with Gasteiger partial charge in [0.05, 0.1) is 6.26 Å². The average molecular weight is 251 g/mol. The summed E-state index contributed by atoms with van der Waals surface area (Å²) in [6.45, 7) is 0. The zero-order valence-electron chi connectivity index (χ0n) is 10.1. The van der Waals surface area contributed by atoms with E-state index in [1.54, 1.807) is 12.3 Å². The van der Waals surface area contributed by atoms with E-state index in [0.29, 0.717) is 12.8 Å². The van der Waals surface area contributed by atoms with Gasteiger partial charge in [0.15, 0.2) is 11.6 Å². The van der Waals surface area contributed by atoms with Crippen molar-refractivity contribution in [2.75, 3.05) is 7.05 Å². The van der Waals surface area contributed by atoms with Crippen molar-refractivity contribution in [1.29, 1.82) is 0 Å². The van der Waals surface area contributed by atoms with E-state index in [0.717, 1.165) is 17.4 Å². The lowest BCUT2D eigenvalue weighted by Crippen LogP contribution is -2.29. The molecule has 4 heteroatoms. The molecule has 1 aromatic carbocycles. The van der Waals surface area contributed by atoms with Gasteiger partial charge in [-0.05, 0) is 43.3 Å². The minimum Gasteiger partial charge on any atom is -0.469 e. The number of hydrogen-bond acceptors (Lipinski definition) is 2. The van der Waals surface area contributed by atoms with E-state index in [1.807, 2.05) is 19.2 Å². The van der Waals surface area contributed by atoms with Crippen LogP contribution in [0.5, 0.6) is 0 Å². The molecule has 0 aliphatic heterocycles. The summed E-state index contributed by atoms with van der Waals surface area (Å²) in [4.78, 5) is 0. The molecule has 96 valence electrons. The van der Waals surface area contributed by atoms with Crippen molar-refractivity contribution in [2.24, 2.45) is 0 Å². The molecule has 0 aliphatic carbocycles. The van der Waals surface area contributed by atoms with Crippen LogP contribution in [0.2, 0.25) is 0 Å². The first-order chi connectivity index (χ1) is 8.69. The number of halogens is 2. The second-order valence-corrected chi connectivity index (χ2v) is 4.22.